The average Bonchev–Trinajstić information content (AvgIpc) is 3.11. The van der Waals surface area contributed by atoms with Gasteiger partial charge in [0, 0.05) is 36.4 Å². The number of carbonyl (C=O) groups is 1. The van der Waals surface area contributed by atoms with Gasteiger partial charge in [0.2, 0.25) is 0 Å². The molecule has 7 nitrogen and oxygen atoms in total. The van der Waals surface area contributed by atoms with Crippen molar-refractivity contribution >= 4 is 22.5 Å². The number of aromatic nitrogens is 1. The third kappa shape index (κ3) is 3.53. The molecule has 1 amide bonds. The minimum atomic E-state index is -0.529. The first-order valence-corrected chi connectivity index (χ1v) is 9.76. The van der Waals surface area contributed by atoms with Gasteiger partial charge in [-0.25, -0.2) is 0 Å². The maximum atomic E-state index is 12.8. The monoisotopic (exact) mass is 379 g/mol. The first-order chi connectivity index (χ1) is 13.6. The van der Waals surface area contributed by atoms with E-state index in [4.69, 9.17) is 4.74 Å². The van der Waals surface area contributed by atoms with Crippen LogP contribution in [0.15, 0.2) is 30.5 Å². The molecule has 1 aromatic carbocycles. The zero-order valence-electron chi connectivity index (χ0n) is 16.2. The van der Waals surface area contributed by atoms with Crippen molar-refractivity contribution < 1.29 is 9.53 Å². The van der Waals surface area contributed by atoms with Gasteiger partial charge >= 0.3 is 0 Å². The van der Waals surface area contributed by atoms with E-state index in [1.165, 1.54) is 0 Å². The second-order valence-corrected chi connectivity index (χ2v) is 7.73. The Hall–Kier alpha value is -2.69. The van der Waals surface area contributed by atoms with Gasteiger partial charge in [0.15, 0.2) is 6.10 Å². The van der Waals surface area contributed by atoms with Crippen molar-refractivity contribution in [1.29, 1.82) is 5.26 Å². The topological polar surface area (TPSA) is 90.3 Å². The highest BCUT2D eigenvalue weighted by Gasteiger charge is 2.34. The third-order valence-corrected chi connectivity index (χ3v) is 5.61. The van der Waals surface area contributed by atoms with Crippen LogP contribution in [0.3, 0.4) is 0 Å². The summed E-state index contributed by atoms with van der Waals surface area (Å²) in [7, 11) is 0. The number of amides is 1. The molecule has 146 valence electrons. The van der Waals surface area contributed by atoms with Crippen LogP contribution >= 0.6 is 0 Å². The Balaban J connectivity index is 1.58. The van der Waals surface area contributed by atoms with Crippen LogP contribution in [0.4, 0.5) is 5.69 Å². The molecule has 3 heterocycles. The van der Waals surface area contributed by atoms with Crippen molar-refractivity contribution in [3.63, 3.8) is 0 Å². The summed E-state index contributed by atoms with van der Waals surface area (Å²) in [6, 6.07) is 9.93. The number of benzene rings is 1. The minimum absolute atomic E-state index is 0.0619. The van der Waals surface area contributed by atoms with Crippen molar-refractivity contribution in [1.82, 2.24) is 15.6 Å². The van der Waals surface area contributed by atoms with Crippen LogP contribution in [0.5, 0.6) is 0 Å². The summed E-state index contributed by atoms with van der Waals surface area (Å²) < 4.78 is 5.96. The summed E-state index contributed by atoms with van der Waals surface area (Å²) in [5.74, 6) is 0.350. The largest absolute Gasteiger partial charge is 0.365 e. The Morgan fingerprint density at radius 1 is 1.32 bits per heavy atom. The molecule has 2 fully saturated rings. The molecule has 0 bridgehead atoms. The number of nitrogens with one attached hydrogen (secondary N) is 2. The molecular formula is C21H25N5O2. The number of hydrogen-bond acceptors (Lipinski definition) is 6. The lowest BCUT2D eigenvalue weighted by atomic mass is 10.0. The molecule has 28 heavy (non-hydrogen) atoms. The number of pyridine rings is 1. The zero-order chi connectivity index (χ0) is 19.7. The summed E-state index contributed by atoms with van der Waals surface area (Å²) >= 11 is 0. The number of nitrogens with zero attached hydrogens (tertiary/aromatic N) is 3. The zero-order valence-corrected chi connectivity index (χ0v) is 16.2. The van der Waals surface area contributed by atoms with E-state index in [0.29, 0.717) is 30.1 Å². The van der Waals surface area contributed by atoms with Gasteiger partial charge in [-0.3, -0.25) is 9.78 Å². The highest BCUT2D eigenvalue weighted by molar-refractivity contribution is 5.95. The number of ether oxygens (including phenoxy) is 1. The van der Waals surface area contributed by atoms with Crippen molar-refractivity contribution in [2.75, 3.05) is 31.1 Å². The first kappa shape index (κ1) is 18.7. The molecule has 0 saturated carbocycles. The molecule has 2 N–H and O–H groups in total. The van der Waals surface area contributed by atoms with E-state index in [1.54, 1.807) is 12.3 Å². The van der Waals surface area contributed by atoms with Gasteiger partial charge in [-0.15, -0.1) is 0 Å². The van der Waals surface area contributed by atoms with Gasteiger partial charge in [-0.2, -0.15) is 5.26 Å². The lowest BCUT2D eigenvalue weighted by Crippen LogP contribution is -2.55. The fraction of sp³-hybridized carbons (Fsp3) is 0.476. The maximum absolute atomic E-state index is 12.8. The van der Waals surface area contributed by atoms with Gasteiger partial charge in [-0.1, -0.05) is 6.92 Å². The number of fused-ring (bicyclic) bond motifs is 1. The highest BCUT2D eigenvalue weighted by atomic mass is 16.5. The Bertz CT molecular complexity index is 925. The van der Waals surface area contributed by atoms with Crippen LogP contribution < -0.4 is 15.5 Å². The van der Waals surface area contributed by atoms with Crippen LogP contribution in [0.25, 0.3) is 10.9 Å². The number of anilines is 1. The quantitative estimate of drug-likeness (QED) is 0.838. The molecule has 0 unspecified atom stereocenters. The summed E-state index contributed by atoms with van der Waals surface area (Å²) in [4.78, 5) is 19.4. The SMILES string of the molecule is C[C@H]1CN(c2ccc(C#N)c3ncccc23)C[C@H](C(=O)N[C@@H]2CNC[C@@H]2C)O1. The number of hydrogen-bond donors (Lipinski definition) is 2. The van der Waals surface area contributed by atoms with E-state index in [2.05, 4.69) is 33.5 Å². The van der Waals surface area contributed by atoms with E-state index in [-0.39, 0.29) is 18.1 Å². The molecular weight excluding hydrogens is 354 g/mol. The smallest absolute Gasteiger partial charge is 0.251 e. The molecule has 0 aliphatic carbocycles. The summed E-state index contributed by atoms with van der Waals surface area (Å²) in [6.45, 7) is 6.99. The predicted molar refractivity (Wildman–Crippen MR) is 107 cm³/mol. The molecule has 0 radical (unpaired) electrons. The number of rotatable bonds is 3. The van der Waals surface area contributed by atoms with Crippen LogP contribution in [-0.4, -0.2) is 55.3 Å². The molecule has 2 aromatic rings. The Morgan fingerprint density at radius 2 is 2.18 bits per heavy atom. The van der Waals surface area contributed by atoms with Crippen molar-refractivity contribution in [2.45, 2.75) is 32.1 Å². The van der Waals surface area contributed by atoms with E-state index in [9.17, 15) is 10.1 Å². The average molecular weight is 379 g/mol. The number of carbonyl (C=O) groups excluding carboxylic acids is 1. The minimum Gasteiger partial charge on any atom is -0.365 e. The fourth-order valence-corrected chi connectivity index (χ4v) is 4.10. The van der Waals surface area contributed by atoms with E-state index in [0.717, 1.165) is 24.2 Å². The van der Waals surface area contributed by atoms with Crippen LogP contribution in [0, 0.1) is 17.2 Å². The molecule has 2 aliphatic heterocycles. The molecule has 4 rings (SSSR count). The van der Waals surface area contributed by atoms with Gasteiger partial charge in [0.1, 0.15) is 6.07 Å². The Kier molecular flexibility index (Phi) is 5.16. The van der Waals surface area contributed by atoms with Gasteiger partial charge in [0.05, 0.1) is 23.7 Å². The molecule has 2 saturated heterocycles. The molecule has 4 atom stereocenters. The van der Waals surface area contributed by atoms with Gasteiger partial charge in [-0.05, 0) is 43.7 Å². The lowest BCUT2D eigenvalue weighted by Gasteiger charge is -2.38. The molecule has 0 spiro atoms. The predicted octanol–water partition coefficient (Wildman–Crippen LogP) is 1.42. The van der Waals surface area contributed by atoms with E-state index < -0.39 is 6.10 Å². The molecule has 2 aliphatic rings. The summed E-state index contributed by atoms with van der Waals surface area (Å²) in [5.41, 5.74) is 2.22. The third-order valence-electron chi connectivity index (χ3n) is 5.61. The second kappa shape index (κ2) is 7.74. The fourth-order valence-electron chi connectivity index (χ4n) is 4.10. The standard InChI is InChI=1S/C21H25N5O2/c1-13-9-23-10-17(13)25-21(27)19-12-26(11-14(2)28-19)18-6-5-15(8-22)20-16(18)4-3-7-24-20/h3-7,13-14,17,19,23H,9-12H2,1-2H3,(H,25,27)/t13-,14-,17+,19+/m0/s1. The highest BCUT2D eigenvalue weighted by Crippen LogP contribution is 2.30. The van der Waals surface area contributed by atoms with E-state index in [1.807, 2.05) is 25.1 Å². The molecule has 1 aromatic heterocycles. The van der Waals surface area contributed by atoms with Crippen molar-refractivity contribution in [2.24, 2.45) is 5.92 Å². The Morgan fingerprint density at radius 3 is 2.93 bits per heavy atom. The lowest BCUT2D eigenvalue weighted by molar-refractivity contribution is -0.138. The number of morpholine rings is 1. The Labute approximate surface area is 164 Å². The van der Waals surface area contributed by atoms with Gasteiger partial charge in [0.25, 0.3) is 5.91 Å². The summed E-state index contributed by atoms with van der Waals surface area (Å²) in [5, 5.41) is 16.7. The first-order valence-electron chi connectivity index (χ1n) is 9.76. The maximum Gasteiger partial charge on any atom is 0.251 e. The van der Waals surface area contributed by atoms with Gasteiger partial charge < -0.3 is 20.3 Å². The van der Waals surface area contributed by atoms with Crippen molar-refractivity contribution in [3.8, 4) is 6.07 Å². The summed E-state index contributed by atoms with van der Waals surface area (Å²) in [6.07, 6.45) is 1.09. The molecule has 7 heteroatoms. The number of nitriles is 1. The van der Waals surface area contributed by atoms with Crippen molar-refractivity contribution in [3.05, 3.63) is 36.0 Å². The van der Waals surface area contributed by atoms with Crippen LogP contribution in [0.2, 0.25) is 0 Å². The normalized spacial score (nSPS) is 27.5. The van der Waals surface area contributed by atoms with Crippen LogP contribution in [-0.2, 0) is 9.53 Å². The van der Waals surface area contributed by atoms with Crippen LogP contribution in [0.1, 0.15) is 19.4 Å². The van der Waals surface area contributed by atoms with E-state index >= 15 is 0 Å². The second-order valence-electron chi connectivity index (χ2n) is 7.73.